The molecule has 128 valence electrons. The first-order valence-corrected chi connectivity index (χ1v) is 8.70. The summed E-state index contributed by atoms with van der Waals surface area (Å²) in [7, 11) is 6.24. The summed E-state index contributed by atoms with van der Waals surface area (Å²) in [5.74, 6) is 0.999. The number of fused-ring (bicyclic) bond motifs is 1. The van der Waals surface area contributed by atoms with Gasteiger partial charge in [-0.1, -0.05) is 6.07 Å². The molecule has 3 heterocycles. The SMILES string of the molecule is CN(C)c1ccc(CN2CC[C@@]3(CO)CCCN(C)[C@@H]3C2)cn1. The van der Waals surface area contributed by atoms with Gasteiger partial charge in [0.1, 0.15) is 5.82 Å². The number of pyridine rings is 1. The molecule has 5 heteroatoms. The predicted octanol–water partition coefficient (Wildman–Crippen LogP) is 1.43. The van der Waals surface area contributed by atoms with Crippen molar-refractivity contribution >= 4 is 5.82 Å². The molecule has 0 spiro atoms. The molecule has 1 aromatic heterocycles. The molecular weight excluding hydrogens is 288 g/mol. The molecule has 1 aromatic rings. The van der Waals surface area contributed by atoms with Crippen LogP contribution in [0.15, 0.2) is 18.3 Å². The van der Waals surface area contributed by atoms with Crippen molar-refractivity contribution in [3.8, 4) is 0 Å². The molecule has 3 rings (SSSR count). The highest BCUT2D eigenvalue weighted by molar-refractivity contribution is 5.37. The van der Waals surface area contributed by atoms with Crippen LogP contribution in [0.2, 0.25) is 0 Å². The highest BCUT2D eigenvalue weighted by atomic mass is 16.3. The van der Waals surface area contributed by atoms with Crippen LogP contribution in [0.5, 0.6) is 0 Å². The summed E-state index contributed by atoms with van der Waals surface area (Å²) >= 11 is 0. The Kier molecular flexibility index (Phi) is 4.90. The van der Waals surface area contributed by atoms with E-state index in [0.717, 1.165) is 38.4 Å². The number of hydrogen-bond acceptors (Lipinski definition) is 5. The zero-order valence-corrected chi connectivity index (χ0v) is 14.7. The fourth-order valence-electron chi connectivity index (χ4n) is 4.25. The van der Waals surface area contributed by atoms with Gasteiger partial charge >= 0.3 is 0 Å². The maximum Gasteiger partial charge on any atom is 0.127 e. The first-order valence-electron chi connectivity index (χ1n) is 8.70. The molecule has 2 saturated heterocycles. The van der Waals surface area contributed by atoms with Crippen molar-refractivity contribution in [2.24, 2.45) is 5.41 Å². The number of aromatic nitrogens is 1. The van der Waals surface area contributed by atoms with Crippen molar-refractivity contribution in [2.75, 3.05) is 52.3 Å². The minimum Gasteiger partial charge on any atom is -0.396 e. The van der Waals surface area contributed by atoms with Gasteiger partial charge in [-0.2, -0.15) is 0 Å². The minimum absolute atomic E-state index is 0.122. The molecule has 0 aromatic carbocycles. The second kappa shape index (κ2) is 6.75. The second-order valence-corrected chi connectivity index (χ2v) is 7.52. The fourth-order valence-corrected chi connectivity index (χ4v) is 4.25. The molecule has 23 heavy (non-hydrogen) atoms. The highest BCUT2D eigenvalue weighted by Gasteiger charge is 2.46. The Morgan fingerprint density at radius 3 is 2.78 bits per heavy atom. The van der Waals surface area contributed by atoms with E-state index in [1.165, 1.54) is 18.4 Å². The van der Waals surface area contributed by atoms with E-state index in [4.69, 9.17) is 0 Å². The standard InChI is InChI=1S/C18H30N4O/c1-20(2)17-6-5-15(11-19-17)12-22-10-8-18(14-23)7-4-9-21(3)16(18)13-22/h5-6,11,16,23H,4,7-10,12-14H2,1-3H3/t16-,18-/m1/s1. The van der Waals surface area contributed by atoms with Crippen LogP contribution in [0.4, 0.5) is 5.82 Å². The lowest BCUT2D eigenvalue weighted by atomic mass is 9.69. The zero-order valence-electron chi connectivity index (χ0n) is 14.7. The first-order chi connectivity index (χ1) is 11.0. The molecule has 2 fully saturated rings. The monoisotopic (exact) mass is 318 g/mol. The summed E-state index contributed by atoms with van der Waals surface area (Å²) in [5.41, 5.74) is 1.39. The Morgan fingerprint density at radius 2 is 2.13 bits per heavy atom. The number of likely N-dealkylation sites (N-methyl/N-ethyl adjacent to an activating group) is 1. The third-order valence-electron chi connectivity index (χ3n) is 5.77. The van der Waals surface area contributed by atoms with E-state index in [-0.39, 0.29) is 5.41 Å². The minimum atomic E-state index is 0.122. The molecule has 0 saturated carbocycles. The first kappa shape index (κ1) is 16.7. The molecule has 2 aliphatic rings. The molecule has 0 unspecified atom stereocenters. The number of anilines is 1. The molecule has 5 nitrogen and oxygen atoms in total. The zero-order chi connectivity index (χ0) is 16.4. The van der Waals surface area contributed by atoms with Crippen molar-refractivity contribution in [3.05, 3.63) is 23.9 Å². The predicted molar refractivity (Wildman–Crippen MR) is 93.6 cm³/mol. The van der Waals surface area contributed by atoms with Gasteiger partial charge in [0.25, 0.3) is 0 Å². The Morgan fingerprint density at radius 1 is 1.30 bits per heavy atom. The number of aliphatic hydroxyl groups is 1. The molecule has 0 bridgehead atoms. The maximum absolute atomic E-state index is 9.99. The normalized spacial score (nSPS) is 29.3. The molecule has 1 N–H and O–H groups in total. The van der Waals surface area contributed by atoms with Crippen LogP contribution in [-0.4, -0.2) is 73.3 Å². The second-order valence-electron chi connectivity index (χ2n) is 7.52. The molecule has 0 aliphatic carbocycles. The Balaban J connectivity index is 1.66. The number of piperidine rings is 2. The van der Waals surface area contributed by atoms with Crippen molar-refractivity contribution in [1.29, 1.82) is 0 Å². The average molecular weight is 318 g/mol. The van der Waals surface area contributed by atoms with Crippen LogP contribution >= 0.6 is 0 Å². The summed E-state index contributed by atoms with van der Waals surface area (Å²) in [6, 6.07) is 4.74. The topological polar surface area (TPSA) is 42.8 Å². The lowest BCUT2D eigenvalue weighted by Crippen LogP contribution is -2.61. The molecule has 0 radical (unpaired) electrons. The third-order valence-corrected chi connectivity index (χ3v) is 5.77. The van der Waals surface area contributed by atoms with Gasteiger partial charge in [-0.15, -0.1) is 0 Å². The van der Waals surface area contributed by atoms with E-state index in [0.29, 0.717) is 12.6 Å². The van der Waals surface area contributed by atoms with E-state index in [2.05, 4.69) is 34.0 Å². The van der Waals surface area contributed by atoms with Crippen molar-refractivity contribution in [2.45, 2.75) is 31.8 Å². The number of nitrogens with zero attached hydrogens (tertiary/aromatic N) is 4. The quantitative estimate of drug-likeness (QED) is 0.910. The Labute approximate surface area is 139 Å². The summed E-state index contributed by atoms with van der Waals surface area (Å²) in [5, 5.41) is 9.99. The van der Waals surface area contributed by atoms with Gasteiger partial charge in [-0.25, -0.2) is 4.98 Å². The largest absolute Gasteiger partial charge is 0.396 e. The van der Waals surface area contributed by atoms with Gasteiger partial charge in [0, 0.05) is 44.8 Å². The van der Waals surface area contributed by atoms with Crippen molar-refractivity contribution in [3.63, 3.8) is 0 Å². The van der Waals surface area contributed by atoms with Gasteiger partial charge in [0.15, 0.2) is 0 Å². The van der Waals surface area contributed by atoms with E-state index in [1.807, 2.05) is 25.2 Å². The van der Waals surface area contributed by atoms with Crippen LogP contribution in [0.3, 0.4) is 0 Å². The molecule has 2 aliphatic heterocycles. The Hall–Kier alpha value is -1.17. The van der Waals surface area contributed by atoms with E-state index in [1.54, 1.807) is 0 Å². The van der Waals surface area contributed by atoms with Crippen LogP contribution in [-0.2, 0) is 6.54 Å². The van der Waals surface area contributed by atoms with Gasteiger partial charge in [-0.3, -0.25) is 4.90 Å². The van der Waals surface area contributed by atoms with E-state index < -0.39 is 0 Å². The van der Waals surface area contributed by atoms with Crippen LogP contribution in [0.1, 0.15) is 24.8 Å². The summed E-state index contributed by atoms with van der Waals surface area (Å²) in [6.07, 6.45) is 5.48. The van der Waals surface area contributed by atoms with Crippen LogP contribution < -0.4 is 4.90 Å². The third kappa shape index (κ3) is 3.37. The Bertz CT molecular complexity index is 518. The van der Waals surface area contributed by atoms with Crippen molar-refractivity contribution < 1.29 is 5.11 Å². The maximum atomic E-state index is 9.99. The summed E-state index contributed by atoms with van der Waals surface area (Å²) < 4.78 is 0. The lowest BCUT2D eigenvalue weighted by molar-refractivity contribution is -0.0684. The van der Waals surface area contributed by atoms with Crippen molar-refractivity contribution in [1.82, 2.24) is 14.8 Å². The van der Waals surface area contributed by atoms with E-state index in [9.17, 15) is 5.11 Å². The van der Waals surface area contributed by atoms with Crippen LogP contribution in [0.25, 0.3) is 0 Å². The van der Waals surface area contributed by atoms with Gasteiger partial charge in [0.05, 0.1) is 6.61 Å². The highest BCUT2D eigenvalue weighted by Crippen LogP contribution is 2.41. The van der Waals surface area contributed by atoms with E-state index >= 15 is 0 Å². The fraction of sp³-hybridized carbons (Fsp3) is 0.722. The number of hydrogen-bond donors (Lipinski definition) is 1. The van der Waals surface area contributed by atoms with Crippen LogP contribution in [0, 0.1) is 5.41 Å². The molecular formula is C18H30N4O. The van der Waals surface area contributed by atoms with Gasteiger partial charge in [0.2, 0.25) is 0 Å². The summed E-state index contributed by atoms with van der Waals surface area (Å²) in [6.45, 7) is 4.55. The number of aliphatic hydroxyl groups excluding tert-OH is 1. The number of likely N-dealkylation sites (tertiary alicyclic amines) is 2. The summed E-state index contributed by atoms with van der Waals surface area (Å²) in [4.78, 5) is 11.5. The van der Waals surface area contributed by atoms with Gasteiger partial charge < -0.3 is 14.9 Å². The van der Waals surface area contributed by atoms with Gasteiger partial charge in [-0.05, 0) is 51.0 Å². The lowest BCUT2D eigenvalue weighted by Gasteiger charge is -2.53. The average Bonchev–Trinajstić information content (AvgIpc) is 2.56. The smallest absolute Gasteiger partial charge is 0.127 e. The molecule has 0 amide bonds. The number of rotatable bonds is 4. The molecule has 2 atom stereocenters.